The van der Waals surface area contributed by atoms with Crippen molar-refractivity contribution in [2.75, 3.05) is 0 Å². The van der Waals surface area contributed by atoms with Crippen LogP contribution in [0.3, 0.4) is 0 Å². The number of hydrogen-bond donors (Lipinski definition) is 1. The van der Waals surface area contributed by atoms with Crippen molar-refractivity contribution in [1.82, 2.24) is 0 Å². The first-order valence-corrected chi connectivity index (χ1v) is 6.23. The molecule has 0 spiro atoms. The molecule has 1 saturated carbocycles. The molecule has 2 rings (SSSR count). The summed E-state index contributed by atoms with van der Waals surface area (Å²) in [6.45, 7) is 2.25. The second-order valence-electron chi connectivity index (χ2n) is 4.68. The van der Waals surface area contributed by atoms with Crippen molar-refractivity contribution in [2.45, 2.75) is 45.1 Å². The number of rotatable bonds is 3. The molecule has 1 aromatic rings. The molecule has 2 heteroatoms. The lowest BCUT2D eigenvalue weighted by atomic mass is 9.85. The highest BCUT2D eigenvalue weighted by Crippen LogP contribution is 2.30. The van der Waals surface area contributed by atoms with Gasteiger partial charge in [-0.15, -0.1) is 0 Å². The van der Waals surface area contributed by atoms with Gasteiger partial charge in [-0.2, -0.15) is 0 Å². The Balaban J connectivity index is 1.94. The lowest BCUT2D eigenvalue weighted by molar-refractivity contribution is 0.122. The summed E-state index contributed by atoms with van der Waals surface area (Å²) in [7, 11) is 0. The first-order chi connectivity index (χ1) is 7.78. The van der Waals surface area contributed by atoms with Gasteiger partial charge < -0.3 is 9.84 Å². The number of benzene rings is 1. The summed E-state index contributed by atoms with van der Waals surface area (Å²) >= 11 is 0. The number of phenols is 1. The number of phenolic OH excluding ortho intramolecular Hbond substituents is 1. The minimum absolute atomic E-state index is 0.278. The summed E-state index contributed by atoms with van der Waals surface area (Å²) in [5.41, 5.74) is 0. The van der Waals surface area contributed by atoms with Crippen LogP contribution in [0.1, 0.15) is 39.0 Å². The van der Waals surface area contributed by atoms with E-state index in [2.05, 4.69) is 6.92 Å². The molecule has 1 aliphatic carbocycles. The van der Waals surface area contributed by atoms with Gasteiger partial charge in [0.1, 0.15) is 11.5 Å². The second kappa shape index (κ2) is 5.24. The van der Waals surface area contributed by atoms with Crippen LogP contribution in [0.15, 0.2) is 24.3 Å². The molecule has 1 fully saturated rings. The molecule has 0 aromatic heterocycles. The maximum Gasteiger partial charge on any atom is 0.123 e. The highest BCUT2D eigenvalue weighted by atomic mass is 16.5. The maximum absolute atomic E-state index is 9.36. The Kier molecular flexibility index (Phi) is 3.70. The van der Waals surface area contributed by atoms with E-state index in [-0.39, 0.29) is 5.75 Å². The molecule has 0 aliphatic heterocycles. The molecule has 2 unspecified atom stereocenters. The summed E-state index contributed by atoms with van der Waals surface area (Å²) in [6, 6.07) is 7.10. The van der Waals surface area contributed by atoms with E-state index in [1.165, 1.54) is 19.3 Å². The van der Waals surface area contributed by atoms with Gasteiger partial charge >= 0.3 is 0 Å². The lowest BCUT2D eigenvalue weighted by Crippen LogP contribution is -2.25. The van der Waals surface area contributed by atoms with Gasteiger partial charge in [0.15, 0.2) is 0 Å². The van der Waals surface area contributed by atoms with Crippen LogP contribution >= 0.6 is 0 Å². The fourth-order valence-corrected chi connectivity index (χ4v) is 2.47. The Labute approximate surface area is 97.3 Å². The molecule has 2 atom stereocenters. The molecule has 2 nitrogen and oxygen atoms in total. The van der Waals surface area contributed by atoms with E-state index in [0.29, 0.717) is 6.10 Å². The molecule has 1 N–H and O–H groups in total. The van der Waals surface area contributed by atoms with Crippen LogP contribution in [0.25, 0.3) is 0 Å². The van der Waals surface area contributed by atoms with Gasteiger partial charge in [-0.1, -0.05) is 25.8 Å². The minimum Gasteiger partial charge on any atom is -0.508 e. The Bertz CT molecular complexity index is 335. The Hall–Kier alpha value is -1.18. The Morgan fingerprint density at radius 3 is 3.00 bits per heavy atom. The molecule has 1 aliphatic rings. The molecule has 0 heterocycles. The zero-order valence-electron chi connectivity index (χ0n) is 9.86. The monoisotopic (exact) mass is 220 g/mol. The largest absolute Gasteiger partial charge is 0.508 e. The molecule has 1 aromatic carbocycles. The van der Waals surface area contributed by atoms with Crippen LogP contribution in [-0.4, -0.2) is 11.2 Å². The van der Waals surface area contributed by atoms with Crippen molar-refractivity contribution in [3.05, 3.63) is 24.3 Å². The van der Waals surface area contributed by atoms with Gasteiger partial charge in [0.25, 0.3) is 0 Å². The lowest BCUT2D eigenvalue weighted by Gasteiger charge is -2.28. The predicted octanol–water partition coefficient (Wildman–Crippen LogP) is 3.74. The maximum atomic E-state index is 9.36. The highest BCUT2D eigenvalue weighted by Gasteiger charge is 2.21. The Morgan fingerprint density at radius 2 is 2.25 bits per heavy atom. The number of aromatic hydroxyl groups is 1. The minimum atomic E-state index is 0.278. The van der Waals surface area contributed by atoms with E-state index in [1.54, 1.807) is 12.1 Å². The summed E-state index contributed by atoms with van der Waals surface area (Å²) in [4.78, 5) is 0. The van der Waals surface area contributed by atoms with E-state index < -0.39 is 0 Å². The van der Waals surface area contributed by atoms with Crippen molar-refractivity contribution in [1.29, 1.82) is 0 Å². The summed E-state index contributed by atoms with van der Waals surface area (Å²) in [5, 5.41) is 9.36. The summed E-state index contributed by atoms with van der Waals surface area (Å²) in [5.74, 6) is 1.89. The quantitative estimate of drug-likeness (QED) is 0.840. The summed E-state index contributed by atoms with van der Waals surface area (Å²) in [6.07, 6.45) is 6.50. The van der Waals surface area contributed by atoms with Crippen LogP contribution < -0.4 is 4.74 Å². The third kappa shape index (κ3) is 2.91. The van der Waals surface area contributed by atoms with Gasteiger partial charge in [0.05, 0.1) is 6.10 Å². The van der Waals surface area contributed by atoms with Crippen molar-refractivity contribution in [3.8, 4) is 11.5 Å². The smallest absolute Gasteiger partial charge is 0.123 e. The molecule has 0 bridgehead atoms. The van der Waals surface area contributed by atoms with Gasteiger partial charge in [0, 0.05) is 6.07 Å². The average Bonchev–Trinajstić information content (AvgIpc) is 2.29. The van der Waals surface area contributed by atoms with Crippen molar-refractivity contribution >= 4 is 0 Å². The van der Waals surface area contributed by atoms with Crippen LogP contribution in [0.4, 0.5) is 0 Å². The highest BCUT2D eigenvalue weighted by molar-refractivity contribution is 5.31. The van der Waals surface area contributed by atoms with Crippen LogP contribution in [0.2, 0.25) is 0 Å². The SMILES string of the molecule is CCC1CCCC(Oc2cccc(O)c2)C1. The molecule has 0 radical (unpaired) electrons. The van der Waals surface area contributed by atoms with E-state index >= 15 is 0 Å². The van der Waals surface area contributed by atoms with Crippen molar-refractivity contribution in [2.24, 2.45) is 5.92 Å². The fourth-order valence-electron chi connectivity index (χ4n) is 2.47. The average molecular weight is 220 g/mol. The third-order valence-corrected chi connectivity index (χ3v) is 3.43. The zero-order chi connectivity index (χ0) is 11.4. The van der Waals surface area contributed by atoms with E-state index in [1.807, 2.05) is 12.1 Å². The van der Waals surface area contributed by atoms with Gasteiger partial charge in [-0.3, -0.25) is 0 Å². The molecular formula is C14H20O2. The zero-order valence-corrected chi connectivity index (χ0v) is 9.86. The van der Waals surface area contributed by atoms with E-state index in [4.69, 9.17) is 4.74 Å². The van der Waals surface area contributed by atoms with Crippen molar-refractivity contribution in [3.63, 3.8) is 0 Å². The van der Waals surface area contributed by atoms with Gasteiger partial charge in [-0.05, 0) is 37.3 Å². The summed E-state index contributed by atoms with van der Waals surface area (Å²) < 4.78 is 5.91. The third-order valence-electron chi connectivity index (χ3n) is 3.43. The topological polar surface area (TPSA) is 29.5 Å². The van der Waals surface area contributed by atoms with E-state index in [9.17, 15) is 5.11 Å². The molecule has 88 valence electrons. The standard InChI is InChI=1S/C14H20O2/c1-2-11-5-3-7-13(9-11)16-14-8-4-6-12(15)10-14/h4,6,8,10-11,13,15H,2-3,5,7,9H2,1H3. The fraction of sp³-hybridized carbons (Fsp3) is 0.571. The molecular weight excluding hydrogens is 200 g/mol. The molecule has 0 amide bonds. The molecule has 0 saturated heterocycles. The normalized spacial score (nSPS) is 25.3. The number of ether oxygens (including phenoxy) is 1. The van der Waals surface area contributed by atoms with Gasteiger partial charge in [0.2, 0.25) is 0 Å². The van der Waals surface area contributed by atoms with E-state index in [0.717, 1.165) is 24.5 Å². The van der Waals surface area contributed by atoms with Gasteiger partial charge in [-0.25, -0.2) is 0 Å². The predicted molar refractivity (Wildman–Crippen MR) is 64.8 cm³/mol. The Morgan fingerprint density at radius 1 is 1.38 bits per heavy atom. The second-order valence-corrected chi connectivity index (χ2v) is 4.68. The van der Waals surface area contributed by atoms with Crippen LogP contribution in [0.5, 0.6) is 11.5 Å². The number of hydrogen-bond acceptors (Lipinski definition) is 2. The first kappa shape index (κ1) is 11.3. The van der Waals surface area contributed by atoms with Crippen LogP contribution in [0, 0.1) is 5.92 Å². The van der Waals surface area contributed by atoms with Crippen LogP contribution in [-0.2, 0) is 0 Å². The first-order valence-electron chi connectivity index (χ1n) is 6.23. The molecule has 16 heavy (non-hydrogen) atoms. The van der Waals surface area contributed by atoms with Crippen molar-refractivity contribution < 1.29 is 9.84 Å².